The van der Waals surface area contributed by atoms with Gasteiger partial charge in [-0.3, -0.25) is 24.3 Å². The van der Waals surface area contributed by atoms with Crippen LogP contribution in [-0.2, 0) is 25.6 Å². The van der Waals surface area contributed by atoms with Crippen LogP contribution in [0.4, 0.5) is 0 Å². The quantitative estimate of drug-likeness (QED) is 0.120. The molecule has 0 spiro atoms. The molecular formula is C33H41BN2O8. The Bertz CT molecular complexity index is 1400. The molecule has 4 atom stereocenters. The van der Waals surface area contributed by atoms with Gasteiger partial charge in [0.05, 0.1) is 23.6 Å². The van der Waals surface area contributed by atoms with Gasteiger partial charge in [0.2, 0.25) is 11.8 Å². The molecule has 2 aromatic rings. The van der Waals surface area contributed by atoms with Gasteiger partial charge < -0.3 is 24.3 Å². The van der Waals surface area contributed by atoms with Crippen molar-refractivity contribution in [1.82, 2.24) is 9.88 Å². The molecule has 3 N–H and O–H groups in total. The van der Waals surface area contributed by atoms with E-state index in [0.717, 1.165) is 35.3 Å². The van der Waals surface area contributed by atoms with Crippen LogP contribution in [0.25, 0.3) is 11.6 Å². The molecule has 2 fully saturated rings. The Labute approximate surface area is 257 Å². The number of carboxylic acids is 1. The average molecular weight is 605 g/mol. The Balaban J connectivity index is 1.38. The smallest absolute Gasteiger partial charge is 0.455 e. The van der Waals surface area contributed by atoms with Gasteiger partial charge >= 0.3 is 13.1 Å². The lowest BCUT2D eigenvalue weighted by Gasteiger charge is -2.43. The van der Waals surface area contributed by atoms with E-state index in [1.165, 1.54) is 4.90 Å². The fourth-order valence-corrected chi connectivity index (χ4v) is 7.15. The number of aromatic nitrogens is 1. The van der Waals surface area contributed by atoms with E-state index in [1.807, 2.05) is 24.3 Å². The number of rotatable bonds is 14. The van der Waals surface area contributed by atoms with Gasteiger partial charge in [-0.2, -0.15) is 0 Å². The van der Waals surface area contributed by atoms with Gasteiger partial charge in [0.25, 0.3) is 0 Å². The number of nitrogens with zero attached hydrogens (tertiary/aromatic N) is 2. The number of amides is 2. The number of aliphatic hydroxyl groups is 1. The van der Waals surface area contributed by atoms with Crippen LogP contribution in [0.1, 0.15) is 81.9 Å². The third-order valence-corrected chi connectivity index (χ3v) is 9.05. The molecule has 2 aromatic heterocycles. The van der Waals surface area contributed by atoms with Crippen LogP contribution in [0.3, 0.4) is 0 Å². The lowest BCUT2D eigenvalue weighted by Crippen LogP contribution is -2.46. The van der Waals surface area contributed by atoms with Crippen LogP contribution in [0, 0.1) is 17.8 Å². The van der Waals surface area contributed by atoms with E-state index in [2.05, 4.69) is 11.9 Å². The molecule has 234 valence electrons. The standard InChI is InChI=1S/C33H41BN2O8/c1-2-8-22-18-25-31(33(41)36(32(25)40)16-7-3-4-10-29(38)39)26-19-34(42)44-28(30(22)26)14-11-21(27-9-5-6-15-35-27)17-23-12-13-24(20-37)43-23/h5-6,9,12-13,15,17,25-26,28,31,37,42H,2-4,7-8,10-11,14,16,18-20H2,1H3,(H,38,39)/b21-17-/t25-,26+,28-,31-/m1/s1. The van der Waals surface area contributed by atoms with E-state index in [4.69, 9.17) is 14.2 Å². The second-order valence-corrected chi connectivity index (χ2v) is 12.0. The Morgan fingerprint density at radius 2 is 1.95 bits per heavy atom. The zero-order valence-corrected chi connectivity index (χ0v) is 25.2. The third kappa shape index (κ3) is 7.06. The molecule has 10 nitrogen and oxygen atoms in total. The van der Waals surface area contributed by atoms with Gasteiger partial charge in [0, 0.05) is 19.2 Å². The van der Waals surface area contributed by atoms with Crippen molar-refractivity contribution in [2.75, 3.05) is 6.54 Å². The largest absolute Gasteiger partial charge is 0.481 e. The highest BCUT2D eigenvalue weighted by Crippen LogP contribution is 2.51. The number of allylic oxidation sites excluding steroid dienone is 2. The Hall–Kier alpha value is -3.54. The minimum atomic E-state index is -1.05. The molecule has 2 saturated heterocycles. The van der Waals surface area contributed by atoms with Gasteiger partial charge in [-0.1, -0.05) is 31.4 Å². The first-order chi connectivity index (χ1) is 21.3. The number of furan rings is 1. The second-order valence-electron chi connectivity index (χ2n) is 12.0. The van der Waals surface area contributed by atoms with E-state index in [-0.39, 0.29) is 37.1 Å². The number of likely N-dealkylation sites (tertiary alicyclic amines) is 1. The lowest BCUT2D eigenvalue weighted by atomic mass is 9.58. The zero-order chi connectivity index (χ0) is 31.2. The minimum Gasteiger partial charge on any atom is -0.481 e. The highest BCUT2D eigenvalue weighted by Gasteiger charge is 2.56. The normalized spacial score (nSPS) is 23.8. The number of hydrogen-bond donors (Lipinski definition) is 3. The maximum Gasteiger partial charge on any atom is 0.455 e. The Kier molecular flexibility index (Phi) is 10.5. The predicted molar refractivity (Wildman–Crippen MR) is 163 cm³/mol. The number of aliphatic carboxylic acids is 1. The van der Waals surface area contributed by atoms with Crippen molar-refractivity contribution in [3.8, 4) is 0 Å². The van der Waals surface area contributed by atoms with Crippen LogP contribution < -0.4 is 0 Å². The van der Waals surface area contributed by atoms with Crippen molar-refractivity contribution in [3.05, 3.63) is 64.9 Å². The van der Waals surface area contributed by atoms with E-state index in [0.29, 0.717) is 56.6 Å². The first kappa shape index (κ1) is 31.9. The molecule has 2 amide bonds. The van der Waals surface area contributed by atoms with E-state index in [9.17, 15) is 24.5 Å². The van der Waals surface area contributed by atoms with Crippen LogP contribution >= 0.6 is 0 Å². The summed E-state index contributed by atoms with van der Waals surface area (Å²) in [5, 5.41) is 29.2. The van der Waals surface area contributed by atoms with E-state index < -0.39 is 31.0 Å². The lowest BCUT2D eigenvalue weighted by molar-refractivity contribution is -0.141. The molecule has 0 unspecified atom stereocenters. The van der Waals surface area contributed by atoms with Gasteiger partial charge in [-0.15, -0.1) is 0 Å². The molecule has 0 radical (unpaired) electrons. The molecule has 0 saturated carbocycles. The van der Waals surface area contributed by atoms with Crippen molar-refractivity contribution in [3.63, 3.8) is 0 Å². The Morgan fingerprint density at radius 1 is 1.11 bits per heavy atom. The fourth-order valence-electron chi connectivity index (χ4n) is 7.15. The predicted octanol–water partition coefficient (Wildman–Crippen LogP) is 4.73. The number of fused-ring (bicyclic) bond motifs is 3. The first-order valence-electron chi connectivity index (χ1n) is 15.7. The second kappa shape index (κ2) is 14.5. The van der Waals surface area contributed by atoms with Crippen molar-refractivity contribution in [1.29, 1.82) is 0 Å². The summed E-state index contributed by atoms with van der Waals surface area (Å²) in [4.78, 5) is 44.1. The number of pyridine rings is 1. The van der Waals surface area contributed by atoms with Gasteiger partial charge in [0.15, 0.2) is 0 Å². The van der Waals surface area contributed by atoms with Crippen molar-refractivity contribution in [2.24, 2.45) is 17.8 Å². The van der Waals surface area contributed by atoms with E-state index >= 15 is 0 Å². The van der Waals surface area contributed by atoms with Crippen LogP contribution in [0.15, 0.2) is 52.1 Å². The number of carboxylic acid groups (broad SMARTS) is 1. The monoisotopic (exact) mass is 604 g/mol. The van der Waals surface area contributed by atoms with Crippen molar-refractivity contribution >= 4 is 36.6 Å². The zero-order valence-electron chi connectivity index (χ0n) is 25.2. The topological polar surface area (TPSA) is 150 Å². The fraction of sp³-hybridized carbons (Fsp3) is 0.515. The molecule has 5 rings (SSSR count). The summed E-state index contributed by atoms with van der Waals surface area (Å²) in [5.74, 6) is -1.36. The number of unbranched alkanes of at least 4 members (excludes halogenated alkanes) is 2. The molecule has 11 heteroatoms. The number of carbonyl (C=O) groups is 3. The van der Waals surface area contributed by atoms with Gasteiger partial charge in [-0.25, -0.2) is 0 Å². The number of imide groups is 1. The highest BCUT2D eigenvalue weighted by atomic mass is 16.5. The van der Waals surface area contributed by atoms with Gasteiger partial charge in [0.1, 0.15) is 18.1 Å². The number of hydrogen-bond acceptors (Lipinski definition) is 8. The molecule has 0 aromatic carbocycles. The highest BCUT2D eigenvalue weighted by molar-refractivity contribution is 6.43. The average Bonchev–Trinajstić information content (AvgIpc) is 3.56. The summed E-state index contributed by atoms with van der Waals surface area (Å²) in [5.41, 5.74) is 3.91. The van der Waals surface area contributed by atoms with Crippen molar-refractivity contribution < 1.29 is 38.7 Å². The summed E-state index contributed by atoms with van der Waals surface area (Å²) >= 11 is 0. The number of carbonyl (C=O) groups excluding carboxylic acids is 2. The summed E-state index contributed by atoms with van der Waals surface area (Å²) in [6.07, 6.45) is 8.56. The minimum absolute atomic E-state index is 0.0740. The SMILES string of the molecule is CCCC1=C2[C@@H](CC/C(=C/c3ccc(CO)o3)c3ccccn3)OB(O)C[C@@H]2[C@@H]2C(=O)N(CCCCCC(=O)O)C(=O)[C@@H]2C1. The molecule has 0 bridgehead atoms. The molecule has 4 heterocycles. The molecule has 44 heavy (non-hydrogen) atoms. The van der Waals surface area contributed by atoms with Crippen molar-refractivity contribution in [2.45, 2.75) is 83.7 Å². The summed E-state index contributed by atoms with van der Waals surface area (Å²) in [6.45, 7) is 2.20. The van der Waals surface area contributed by atoms with Gasteiger partial charge in [-0.05, 0) is 92.3 Å². The molecular weight excluding hydrogens is 563 g/mol. The van der Waals surface area contributed by atoms with Crippen LogP contribution in [-0.4, -0.2) is 62.7 Å². The summed E-state index contributed by atoms with van der Waals surface area (Å²) in [7, 11) is -1.05. The molecule has 3 aliphatic rings. The van der Waals surface area contributed by atoms with Crippen LogP contribution in [0.2, 0.25) is 6.32 Å². The molecule has 2 aliphatic heterocycles. The third-order valence-electron chi connectivity index (χ3n) is 9.05. The summed E-state index contributed by atoms with van der Waals surface area (Å²) in [6, 6.07) is 9.22. The van der Waals surface area contributed by atoms with E-state index in [1.54, 1.807) is 18.3 Å². The molecule has 1 aliphatic carbocycles. The number of aliphatic hydroxyl groups excluding tert-OH is 1. The van der Waals surface area contributed by atoms with Crippen LogP contribution in [0.5, 0.6) is 0 Å². The summed E-state index contributed by atoms with van der Waals surface area (Å²) < 4.78 is 11.9. The maximum absolute atomic E-state index is 13.8. The first-order valence-corrected chi connectivity index (χ1v) is 15.7. The maximum atomic E-state index is 13.8. The Morgan fingerprint density at radius 3 is 2.66 bits per heavy atom.